The quantitative estimate of drug-likeness (QED) is 0.844. The molecule has 2 rings (SSSR count). The summed E-state index contributed by atoms with van der Waals surface area (Å²) in [5.74, 6) is 0.882. The van der Waals surface area contributed by atoms with Gasteiger partial charge in [0.1, 0.15) is 5.75 Å². The minimum atomic E-state index is -0.200. The van der Waals surface area contributed by atoms with Gasteiger partial charge < -0.3 is 14.4 Å². The third-order valence-electron chi connectivity index (χ3n) is 3.44. The fourth-order valence-corrected chi connectivity index (χ4v) is 2.33. The number of rotatable bonds is 4. The van der Waals surface area contributed by atoms with Crippen LogP contribution in [0.4, 0.5) is 4.79 Å². The predicted octanol–water partition coefficient (Wildman–Crippen LogP) is 1.97. The zero-order valence-electron chi connectivity index (χ0n) is 12.2. The summed E-state index contributed by atoms with van der Waals surface area (Å²) >= 11 is 0. The van der Waals surface area contributed by atoms with Gasteiger partial charge >= 0.3 is 6.09 Å². The molecule has 1 heterocycles. The van der Waals surface area contributed by atoms with Crippen LogP contribution < -0.4 is 4.74 Å². The van der Waals surface area contributed by atoms with Gasteiger partial charge in [0.05, 0.1) is 13.7 Å². The summed E-state index contributed by atoms with van der Waals surface area (Å²) in [4.78, 5) is 15.7. The van der Waals surface area contributed by atoms with Crippen molar-refractivity contribution in [3.05, 3.63) is 29.8 Å². The van der Waals surface area contributed by atoms with Crippen molar-refractivity contribution in [3.8, 4) is 5.75 Å². The Morgan fingerprint density at radius 2 is 2.00 bits per heavy atom. The molecule has 0 saturated carbocycles. The number of hydrogen-bond acceptors (Lipinski definition) is 4. The summed E-state index contributed by atoms with van der Waals surface area (Å²) in [7, 11) is 1.68. The van der Waals surface area contributed by atoms with Gasteiger partial charge in [-0.3, -0.25) is 4.90 Å². The lowest BCUT2D eigenvalue weighted by Crippen LogP contribution is -2.48. The highest BCUT2D eigenvalue weighted by Crippen LogP contribution is 2.15. The van der Waals surface area contributed by atoms with Crippen molar-refractivity contribution in [3.63, 3.8) is 0 Å². The normalized spacial score (nSPS) is 16.0. The highest BCUT2D eigenvalue weighted by molar-refractivity contribution is 5.67. The summed E-state index contributed by atoms with van der Waals surface area (Å²) in [5, 5.41) is 0. The Morgan fingerprint density at radius 1 is 1.25 bits per heavy atom. The van der Waals surface area contributed by atoms with Crippen LogP contribution in [0, 0.1) is 0 Å². The molecule has 0 atom stereocenters. The SMILES string of the molecule is CCOC(=O)N1CCN(Cc2cccc(OC)c2)CC1. The molecular weight excluding hydrogens is 256 g/mol. The van der Waals surface area contributed by atoms with Gasteiger partial charge in [0.25, 0.3) is 0 Å². The van der Waals surface area contributed by atoms with E-state index in [4.69, 9.17) is 9.47 Å². The molecule has 5 nitrogen and oxygen atoms in total. The van der Waals surface area contributed by atoms with Crippen LogP contribution in [-0.4, -0.2) is 55.8 Å². The van der Waals surface area contributed by atoms with E-state index in [0.717, 1.165) is 38.5 Å². The van der Waals surface area contributed by atoms with Crippen LogP contribution in [-0.2, 0) is 11.3 Å². The summed E-state index contributed by atoms with van der Waals surface area (Å²) in [5.41, 5.74) is 1.23. The number of ether oxygens (including phenoxy) is 2. The molecule has 1 saturated heterocycles. The van der Waals surface area contributed by atoms with E-state index in [2.05, 4.69) is 17.0 Å². The van der Waals surface area contributed by atoms with Crippen LogP contribution in [0.1, 0.15) is 12.5 Å². The topological polar surface area (TPSA) is 42.0 Å². The van der Waals surface area contributed by atoms with Crippen LogP contribution in [0.25, 0.3) is 0 Å². The van der Waals surface area contributed by atoms with Crippen molar-refractivity contribution in [1.82, 2.24) is 9.80 Å². The monoisotopic (exact) mass is 278 g/mol. The van der Waals surface area contributed by atoms with Gasteiger partial charge in [0.15, 0.2) is 0 Å². The molecule has 0 unspecified atom stereocenters. The first-order valence-electron chi connectivity index (χ1n) is 7.00. The lowest BCUT2D eigenvalue weighted by Gasteiger charge is -2.34. The number of methoxy groups -OCH3 is 1. The van der Waals surface area contributed by atoms with Crippen molar-refractivity contribution in [1.29, 1.82) is 0 Å². The van der Waals surface area contributed by atoms with Crippen LogP contribution in [0.15, 0.2) is 24.3 Å². The van der Waals surface area contributed by atoms with Crippen molar-refractivity contribution in [2.24, 2.45) is 0 Å². The molecular formula is C15H22N2O3. The van der Waals surface area contributed by atoms with Crippen molar-refractivity contribution in [2.75, 3.05) is 39.9 Å². The first-order chi connectivity index (χ1) is 9.72. The van der Waals surface area contributed by atoms with Crippen molar-refractivity contribution in [2.45, 2.75) is 13.5 Å². The smallest absolute Gasteiger partial charge is 0.409 e. The Hall–Kier alpha value is -1.75. The average Bonchev–Trinajstić information content (AvgIpc) is 2.48. The van der Waals surface area contributed by atoms with Crippen LogP contribution in [0.5, 0.6) is 5.75 Å². The zero-order chi connectivity index (χ0) is 14.4. The molecule has 20 heavy (non-hydrogen) atoms. The maximum atomic E-state index is 11.6. The molecule has 1 aromatic rings. The number of benzene rings is 1. The molecule has 0 bridgehead atoms. The third kappa shape index (κ3) is 3.87. The van der Waals surface area contributed by atoms with Crippen LogP contribution in [0.2, 0.25) is 0 Å². The molecule has 1 amide bonds. The van der Waals surface area contributed by atoms with Gasteiger partial charge in [-0.05, 0) is 24.6 Å². The van der Waals surface area contributed by atoms with E-state index < -0.39 is 0 Å². The second-order valence-electron chi connectivity index (χ2n) is 4.81. The summed E-state index contributed by atoms with van der Waals surface area (Å²) in [6.45, 7) is 6.34. The van der Waals surface area contributed by atoms with Gasteiger partial charge in [-0.15, -0.1) is 0 Å². The molecule has 0 aliphatic carbocycles. The van der Waals surface area contributed by atoms with E-state index in [9.17, 15) is 4.79 Å². The molecule has 0 aromatic heterocycles. The Bertz CT molecular complexity index is 442. The summed E-state index contributed by atoms with van der Waals surface area (Å²) in [6, 6.07) is 8.10. The lowest BCUT2D eigenvalue weighted by atomic mass is 10.2. The zero-order valence-corrected chi connectivity index (χ0v) is 12.2. The highest BCUT2D eigenvalue weighted by atomic mass is 16.6. The first kappa shape index (κ1) is 14.7. The second-order valence-corrected chi connectivity index (χ2v) is 4.81. The molecule has 1 aliphatic rings. The van der Waals surface area contributed by atoms with Gasteiger partial charge in [-0.2, -0.15) is 0 Å². The number of carbonyl (C=O) groups is 1. The van der Waals surface area contributed by atoms with Crippen LogP contribution >= 0.6 is 0 Å². The molecule has 0 radical (unpaired) electrons. The average molecular weight is 278 g/mol. The highest BCUT2D eigenvalue weighted by Gasteiger charge is 2.21. The van der Waals surface area contributed by atoms with E-state index in [1.54, 1.807) is 12.0 Å². The number of piperazine rings is 1. The van der Waals surface area contributed by atoms with E-state index >= 15 is 0 Å². The predicted molar refractivity (Wildman–Crippen MR) is 76.9 cm³/mol. The molecule has 5 heteroatoms. The maximum absolute atomic E-state index is 11.6. The first-order valence-corrected chi connectivity index (χ1v) is 7.00. The fourth-order valence-electron chi connectivity index (χ4n) is 2.33. The van der Waals surface area contributed by atoms with Gasteiger partial charge in [-0.1, -0.05) is 12.1 Å². The largest absolute Gasteiger partial charge is 0.497 e. The third-order valence-corrected chi connectivity index (χ3v) is 3.44. The van der Waals surface area contributed by atoms with E-state index in [1.165, 1.54) is 5.56 Å². The van der Waals surface area contributed by atoms with E-state index in [0.29, 0.717) is 6.61 Å². The minimum absolute atomic E-state index is 0.200. The minimum Gasteiger partial charge on any atom is -0.497 e. The molecule has 1 fully saturated rings. The molecule has 0 spiro atoms. The summed E-state index contributed by atoms with van der Waals surface area (Å²) in [6.07, 6.45) is -0.200. The molecule has 1 aliphatic heterocycles. The van der Waals surface area contributed by atoms with Gasteiger partial charge in [0, 0.05) is 32.7 Å². The molecule has 0 N–H and O–H groups in total. The van der Waals surface area contributed by atoms with Crippen molar-refractivity contribution < 1.29 is 14.3 Å². The lowest BCUT2D eigenvalue weighted by molar-refractivity contribution is 0.0778. The number of amides is 1. The van der Waals surface area contributed by atoms with E-state index in [1.807, 2.05) is 19.1 Å². The number of hydrogen-bond donors (Lipinski definition) is 0. The molecule has 110 valence electrons. The Kier molecular flexibility index (Phi) is 5.24. The Morgan fingerprint density at radius 3 is 2.65 bits per heavy atom. The standard InChI is InChI=1S/C15H22N2O3/c1-3-20-15(18)17-9-7-16(8-10-17)12-13-5-4-6-14(11-13)19-2/h4-6,11H,3,7-10,12H2,1-2H3. The maximum Gasteiger partial charge on any atom is 0.409 e. The van der Waals surface area contributed by atoms with Gasteiger partial charge in [-0.25, -0.2) is 4.79 Å². The fraction of sp³-hybridized carbons (Fsp3) is 0.533. The number of nitrogens with zero attached hydrogens (tertiary/aromatic N) is 2. The summed E-state index contributed by atoms with van der Waals surface area (Å²) < 4.78 is 10.2. The number of carbonyl (C=O) groups excluding carboxylic acids is 1. The Labute approximate surface area is 120 Å². The Balaban J connectivity index is 1.83. The molecule has 1 aromatic carbocycles. The van der Waals surface area contributed by atoms with E-state index in [-0.39, 0.29) is 6.09 Å². The second kappa shape index (κ2) is 7.14. The van der Waals surface area contributed by atoms with Gasteiger partial charge in [0.2, 0.25) is 0 Å². The van der Waals surface area contributed by atoms with Crippen LogP contribution in [0.3, 0.4) is 0 Å². The van der Waals surface area contributed by atoms with Crippen molar-refractivity contribution >= 4 is 6.09 Å².